The van der Waals surface area contributed by atoms with Crippen molar-refractivity contribution in [3.05, 3.63) is 103 Å². The maximum absolute atomic E-state index is 14.9. The Bertz CT molecular complexity index is 1690. The number of nitrogens with two attached hydrogens (primary N) is 1. The molecule has 4 heterocycles. The minimum Gasteiger partial charge on any atom is -0.465 e. The van der Waals surface area contributed by atoms with Gasteiger partial charge in [0, 0.05) is 29.6 Å². The molecule has 6 rings (SSSR count). The number of carbonyl (C=O) groups is 2. The van der Waals surface area contributed by atoms with Crippen molar-refractivity contribution in [2.45, 2.75) is 44.4 Å². The number of methoxy groups -OCH3 is 1. The van der Waals surface area contributed by atoms with Crippen LogP contribution in [0.15, 0.2) is 64.8 Å². The van der Waals surface area contributed by atoms with E-state index in [4.69, 9.17) is 43.1 Å². The van der Waals surface area contributed by atoms with Crippen molar-refractivity contribution >= 4 is 40.8 Å². The SMILES string of the molecule is COC(=O)C1=C(N)Oc2cc(C)n(C[C@H]3CCCO3)c(=O)c2[C@]12C(=O)N(Cc1ccc(Cl)c(Cl)c1)c1ccccc12. The number of anilines is 1. The van der Waals surface area contributed by atoms with E-state index in [0.717, 1.165) is 12.8 Å². The van der Waals surface area contributed by atoms with Crippen LogP contribution in [0.4, 0.5) is 5.69 Å². The van der Waals surface area contributed by atoms with Gasteiger partial charge in [0.25, 0.3) is 5.56 Å². The quantitative estimate of drug-likeness (QED) is 0.439. The summed E-state index contributed by atoms with van der Waals surface area (Å²) in [5, 5.41) is 0.714. The van der Waals surface area contributed by atoms with Crippen LogP contribution in [-0.4, -0.2) is 36.3 Å². The first-order valence-electron chi connectivity index (χ1n) is 13.2. The molecule has 0 unspecified atom stereocenters. The van der Waals surface area contributed by atoms with Crippen molar-refractivity contribution in [3.8, 4) is 5.75 Å². The van der Waals surface area contributed by atoms with Gasteiger partial charge in [0.15, 0.2) is 0 Å². The highest BCUT2D eigenvalue weighted by Crippen LogP contribution is 2.55. The summed E-state index contributed by atoms with van der Waals surface area (Å²) >= 11 is 12.4. The van der Waals surface area contributed by atoms with Gasteiger partial charge in [-0.15, -0.1) is 0 Å². The fourth-order valence-electron chi connectivity index (χ4n) is 6.13. The van der Waals surface area contributed by atoms with E-state index in [2.05, 4.69) is 0 Å². The fourth-order valence-corrected chi connectivity index (χ4v) is 6.45. The third-order valence-corrected chi connectivity index (χ3v) is 8.72. The number of aromatic nitrogens is 1. The monoisotopic (exact) mass is 595 g/mol. The van der Waals surface area contributed by atoms with Crippen LogP contribution in [0.2, 0.25) is 10.0 Å². The molecule has 9 nitrogen and oxygen atoms in total. The second kappa shape index (κ2) is 10.2. The van der Waals surface area contributed by atoms with Crippen molar-refractivity contribution in [2.24, 2.45) is 5.73 Å². The van der Waals surface area contributed by atoms with E-state index in [1.54, 1.807) is 60.0 Å². The second-order valence-corrected chi connectivity index (χ2v) is 11.1. The Hall–Kier alpha value is -3.79. The van der Waals surface area contributed by atoms with Gasteiger partial charge in [0.2, 0.25) is 11.8 Å². The van der Waals surface area contributed by atoms with Gasteiger partial charge >= 0.3 is 5.97 Å². The van der Waals surface area contributed by atoms with E-state index in [1.807, 2.05) is 0 Å². The number of ether oxygens (including phenoxy) is 3. The molecule has 2 N–H and O–H groups in total. The lowest BCUT2D eigenvalue weighted by Gasteiger charge is -2.36. The number of benzene rings is 2. The fraction of sp³-hybridized carbons (Fsp3) is 0.300. The van der Waals surface area contributed by atoms with Gasteiger partial charge in [-0.3, -0.25) is 9.59 Å². The lowest BCUT2D eigenvalue weighted by atomic mass is 9.68. The average Bonchev–Trinajstić information content (AvgIpc) is 3.54. The minimum absolute atomic E-state index is 0.00443. The van der Waals surface area contributed by atoms with Crippen molar-refractivity contribution in [1.29, 1.82) is 0 Å². The molecule has 212 valence electrons. The number of para-hydroxylation sites is 1. The molecule has 1 saturated heterocycles. The summed E-state index contributed by atoms with van der Waals surface area (Å²) in [6, 6.07) is 13.8. The van der Waals surface area contributed by atoms with Crippen LogP contribution in [-0.2, 0) is 37.6 Å². The average molecular weight is 596 g/mol. The minimum atomic E-state index is -1.92. The first kappa shape index (κ1) is 27.4. The summed E-state index contributed by atoms with van der Waals surface area (Å²) in [6.45, 7) is 2.79. The predicted molar refractivity (Wildman–Crippen MR) is 153 cm³/mol. The number of fused-ring (bicyclic) bond motifs is 4. The molecule has 3 aliphatic heterocycles. The summed E-state index contributed by atoms with van der Waals surface area (Å²) in [4.78, 5) is 44.3. The molecular formula is C30H27Cl2N3O6. The number of rotatable bonds is 5. The van der Waals surface area contributed by atoms with Crippen molar-refractivity contribution in [1.82, 2.24) is 4.57 Å². The van der Waals surface area contributed by atoms with Crippen LogP contribution in [0, 0.1) is 6.92 Å². The summed E-state index contributed by atoms with van der Waals surface area (Å²) in [5.74, 6) is -1.61. The van der Waals surface area contributed by atoms with E-state index in [1.165, 1.54) is 12.0 Å². The van der Waals surface area contributed by atoms with Crippen LogP contribution >= 0.6 is 23.2 Å². The third-order valence-electron chi connectivity index (χ3n) is 7.98. The zero-order chi connectivity index (χ0) is 29.1. The zero-order valence-electron chi connectivity index (χ0n) is 22.4. The number of pyridine rings is 1. The van der Waals surface area contributed by atoms with E-state index in [0.29, 0.717) is 45.7 Å². The number of carbonyl (C=O) groups excluding carboxylic acids is 2. The molecule has 1 aromatic heterocycles. The van der Waals surface area contributed by atoms with Crippen molar-refractivity contribution < 1.29 is 23.8 Å². The first-order chi connectivity index (χ1) is 19.7. The maximum Gasteiger partial charge on any atom is 0.340 e. The number of esters is 1. The van der Waals surface area contributed by atoms with E-state index >= 15 is 0 Å². The predicted octanol–water partition coefficient (Wildman–Crippen LogP) is 4.21. The molecule has 2 atom stereocenters. The highest BCUT2D eigenvalue weighted by molar-refractivity contribution is 6.42. The Balaban J connectivity index is 1.62. The number of hydrogen-bond donors (Lipinski definition) is 1. The van der Waals surface area contributed by atoms with Gasteiger partial charge in [-0.25, -0.2) is 4.79 Å². The smallest absolute Gasteiger partial charge is 0.340 e. The van der Waals surface area contributed by atoms with Crippen LogP contribution < -0.4 is 20.9 Å². The van der Waals surface area contributed by atoms with Gasteiger partial charge in [0.1, 0.15) is 16.7 Å². The molecule has 1 spiro atoms. The van der Waals surface area contributed by atoms with E-state index in [-0.39, 0.29) is 35.4 Å². The van der Waals surface area contributed by atoms with Crippen LogP contribution in [0.5, 0.6) is 5.75 Å². The number of halogens is 2. The molecule has 41 heavy (non-hydrogen) atoms. The maximum atomic E-state index is 14.9. The molecule has 11 heteroatoms. The normalized spacial score (nSPS) is 21.2. The second-order valence-electron chi connectivity index (χ2n) is 10.3. The third kappa shape index (κ3) is 4.14. The van der Waals surface area contributed by atoms with Crippen molar-refractivity contribution in [3.63, 3.8) is 0 Å². The molecule has 0 bridgehead atoms. The topological polar surface area (TPSA) is 113 Å². The molecular weight excluding hydrogens is 569 g/mol. The number of aryl methyl sites for hydroxylation is 1. The summed E-state index contributed by atoms with van der Waals surface area (Å²) in [7, 11) is 1.19. The highest BCUT2D eigenvalue weighted by Gasteiger charge is 2.62. The molecule has 2 aromatic carbocycles. The lowest BCUT2D eigenvalue weighted by Crippen LogP contribution is -2.52. The number of nitrogens with zero attached hydrogens (tertiary/aromatic N) is 2. The number of amides is 1. The molecule has 0 radical (unpaired) electrons. The van der Waals surface area contributed by atoms with E-state index in [9.17, 15) is 14.4 Å². The Morgan fingerprint density at radius 2 is 1.93 bits per heavy atom. The molecule has 0 saturated carbocycles. The Morgan fingerprint density at radius 1 is 1.15 bits per heavy atom. The van der Waals surface area contributed by atoms with Gasteiger partial charge in [-0.05, 0) is 43.5 Å². The van der Waals surface area contributed by atoms with Gasteiger partial charge in [0.05, 0.1) is 41.9 Å². The Morgan fingerprint density at radius 3 is 2.63 bits per heavy atom. The highest BCUT2D eigenvalue weighted by atomic mass is 35.5. The number of hydrogen-bond acceptors (Lipinski definition) is 7. The molecule has 1 amide bonds. The largest absolute Gasteiger partial charge is 0.465 e. The van der Waals surface area contributed by atoms with Crippen molar-refractivity contribution in [2.75, 3.05) is 18.6 Å². The molecule has 3 aromatic rings. The molecule has 1 fully saturated rings. The van der Waals surface area contributed by atoms with Crippen LogP contribution in [0.25, 0.3) is 0 Å². The first-order valence-corrected chi connectivity index (χ1v) is 13.9. The van der Waals surface area contributed by atoms with Crippen LogP contribution in [0.3, 0.4) is 0 Å². The van der Waals surface area contributed by atoms with Crippen LogP contribution in [0.1, 0.15) is 35.2 Å². The standard InChI is InChI=1S/C30H27Cl2N3O6/c1-16-12-23-24(27(36)34(16)15-18-6-5-11-40-18)30(25(26(33)41-23)28(37)39-2)19-7-3-4-8-22(19)35(29(30)38)14-17-9-10-20(31)21(32)13-17/h3-4,7-10,12-13,18H,5-6,11,14-15,33H2,1-2H3/t18-,30+/m1/s1. The molecule has 0 aliphatic carbocycles. The van der Waals surface area contributed by atoms with Gasteiger partial charge < -0.3 is 29.4 Å². The summed E-state index contributed by atoms with van der Waals surface area (Å²) in [5.41, 5.74) is 5.99. The summed E-state index contributed by atoms with van der Waals surface area (Å²) < 4.78 is 18.4. The lowest BCUT2D eigenvalue weighted by molar-refractivity contribution is -0.138. The molecule has 3 aliphatic rings. The Labute approximate surface area is 246 Å². The van der Waals surface area contributed by atoms with Gasteiger partial charge in [-0.2, -0.15) is 0 Å². The van der Waals surface area contributed by atoms with E-state index < -0.39 is 22.9 Å². The zero-order valence-corrected chi connectivity index (χ0v) is 23.9. The Kier molecular flexibility index (Phi) is 6.84. The van der Waals surface area contributed by atoms with Gasteiger partial charge in [-0.1, -0.05) is 47.5 Å². The summed E-state index contributed by atoms with van der Waals surface area (Å²) in [6.07, 6.45) is 1.56.